The quantitative estimate of drug-likeness (QED) is 0.545. The third kappa shape index (κ3) is 5.65. The number of esters is 1. The summed E-state index contributed by atoms with van der Waals surface area (Å²) in [5.74, 6) is -0.755. The lowest BCUT2D eigenvalue weighted by Crippen LogP contribution is -2.39. The molecule has 0 bridgehead atoms. The van der Waals surface area contributed by atoms with Gasteiger partial charge < -0.3 is 19.7 Å². The minimum absolute atomic E-state index is 0.138. The molecule has 1 saturated heterocycles. The Morgan fingerprint density at radius 3 is 2.54 bits per heavy atom. The van der Waals surface area contributed by atoms with E-state index in [1.165, 1.54) is 47.0 Å². The lowest BCUT2D eigenvalue weighted by molar-refractivity contribution is 0.0600. The number of methoxy groups -OCH3 is 1. The molecule has 37 heavy (non-hydrogen) atoms. The number of thiophene rings is 1. The number of carbonyl (C=O) groups is 3. The summed E-state index contributed by atoms with van der Waals surface area (Å²) < 4.78 is 37.6. The van der Waals surface area contributed by atoms with Gasteiger partial charge in [0.05, 0.1) is 30.7 Å². The maximum absolute atomic E-state index is 13.1. The molecular formula is C25H31N3O7S2. The fourth-order valence-electron chi connectivity index (χ4n) is 4.65. The van der Waals surface area contributed by atoms with E-state index in [0.29, 0.717) is 37.0 Å². The van der Waals surface area contributed by atoms with E-state index in [9.17, 15) is 22.8 Å². The maximum atomic E-state index is 13.1. The first-order chi connectivity index (χ1) is 17.6. The van der Waals surface area contributed by atoms with Crippen molar-refractivity contribution in [3.05, 3.63) is 45.8 Å². The minimum atomic E-state index is -3.64. The van der Waals surface area contributed by atoms with Crippen LogP contribution in [0.15, 0.2) is 29.2 Å². The monoisotopic (exact) mass is 549 g/mol. The van der Waals surface area contributed by atoms with Crippen molar-refractivity contribution in [2.75, 3.05) is 38.7 Å². The van der Waals surface area contributed by atoms with E-state index >= 15 is 0 Å². The third-order valence-corrected chi connectivity index (χ3v) is 9.59. The van der Waals surface area contributed by atoms with Gasteiger partial charge in [-0.3, -0.25) is 4.79 Å². The Morgan fingerprint density at radius 1 is 1.16 bits per heavy atom. The average molecular weight is 550 g/mol. The highest BCUT2D eigenvalue weighted by Crippen LogP contribution is 2.38. The van der Waals surface area contributed by atoms with Gasteiger partial charge in [-0.05, 0) is 61.9 Å². The SMILES string of the molecule is CCOC(=O)N1CCc2c(sc(NC(=O)c3ccc(S(=O)(=O)N4CCCC(C)C4)cc3)c2C(=O)OC)C1. The molecule has 1 fully saturated rings. The topological polar surface area (TPSA) is 122 Å². The van der Waals surface area contributed by atoms with Gasteiger partial charge in [-0.25, -0.2) is 18.0 Å². The van der Waals surface area contributed by atoms with Crippen LogP contribution in [0.4, 0.5) is 9.80 Å². The number of hydrogen-bond donors (Lipinski definition) is 1. The highest BCUT2D eigenvalue weighted by Gasteiger charge is 2.32. The van der Waals surface area contributed by atoms with Crippen molar-refractivity contribution in [1.82, 2.24) is 9.21 Å². The Kier molecular flexibility index (Phi) is 8.20. The molecule has 1 N–H and O–H groups in total. The van der Waals surface area contributed by atoms with Crippen LogP contribution >= 0.6 is 11.3 Å². The summed E-state index contributed by atoms with van der Waals surface area (Å²) in [5, 5.41) is 3.11. The van der Waals surface area contributed by atoms with Gasteiger partial charge >= 0.3 is 12.1 Å². The van der Waals surface area contributed by atoms with Gasteiger partial charge in [0.2, 0.25) is 10.0 Å². The molecule has 12 heteroatoms. The smallest absolute Gasteiger partial charge is 0.410 e. The number of amides is 2. The maximum Gasteiger partial charge on any atom is 0.410 e. The van der Waals surface area contributed by atoms with Gasteiger partial charge in [0.15, 0.2) is 0 Å². The van der Waals surface area contributed by atoms with Crippen LogP contribution in [0.1, 0.15) is 57.8 Å². The zero-order chi connectivity index (χ0) is 26.7. The highest BCUT2D eigenvalue weighted by molar-refractivity contribution is 7.89. The number of piperidine rings is 1. The fraction of sp³-hybridized carbons (Fsp3) is 0.480. The molecule has 0 spiro atoms. The van der Waals surface area contributed by atoms with E-state index in [-0.39, 0.29) is 29.2 Å². The Labute approximate surface area is 220 Å². The van der Waals surface area contributed by atoms with E-state index in [0.717, 1.165) is 23.3 Å². The molecule has 1 unspecified atom stereocenters. The predicted molar refractivity (Wildman–Crippen MR) is 138 cm³/mol. The van der Waals surface area contributed by atoms with Gasteiger partial charge in [-0.2, -0.15) is 4.31 Å². The summed E-state index contributed by atoms with van der Waals surface area (Å²) in [6.45, 7) is 5.65. The van der Waals surface area contributed by atoms with E-state index in [4.69, 9.17) is 9.47 Å². The molecule has 2 aliphatic rings. The van der Waals surface area contributed by atoms with E-state index < -0.39 is 28.0 Å². The number of fused-ring (bicyclic) bond motifs is 1. The standard InChI is InChI=1S/C25H31N3O7S2/c1-4-35-25(31)27-13-11-19-20(15-27)36-23(21(19)24(30)34-3)26-22(29)17-7-9-18(10-8-17)37(32,33)28-12-5-6-16(2)14-28/h7-10,16H,4-6,11-15H2,1-3H3,(H,26,29). The number of rotatable bonds is 6. The second-order valence-electron chi connectivity index (χ2n) is 9.16. The molecule has 1 aromatic carbocycles. The normalized spacial score (nSPS) is 18.1. The largest absolute Gasteiger partial charge is 0.465 e. The Balaban J connectivity index is 1.54. The molecule has 0 aliphatic carbocycles. The van der Waals surface area contributed by atoms with Crippen LogP contribution in [0.2, 0.25) is 0 Å². The van der Waals surface area contributed by atoms with Crippen LogP contribution < -0.4 is 5.32 Å². The summed E-state index contributed by atoms with van der Waals surface area (Å²) >= 11 is 1.21. The summed E-state index contributed by atoms with van der Waals surface area (Å²) in [7, 11) is -2.36. The molecular weight excluding hydrogens is 518 g/mol. The molecule has 4 rings (SSSR count). The number of hydrogen-bond acceptors (Lipinski definition) is 8. The highest BCUT2D eigenvalue weighted by atomic mass is 32.2. The minimum Gasteiger partial charge on any atom is -0.465 e. The third-order valence-electron chi connectivity index (χ3n) is 6.57. The van der Waals surface area contributed by atoms with Crippen molar-refractivity contribution in [3.63, 3.8) is 0 Å². The number of ether oxygens (including phenoxy) is 2. The zero-order valence-corrected chi connectivity index (χ0v) is 22.7. The van der Waals surface area contributed by atoms with Crippen molar-refractivity contribution < 1.29 is 32.3 Å². The van der Waals surface area contributed by atoms with Crippen molar-refractivity contribution in [3.8, 4) is 0 Å². The Bertz CT molecular complexity index is 1290. The van der Waals surface area contributed by atoms with E-state index in [1.54, 1.807) is 11.8 Å². The molecule has 1 atom stereocenters. The molecule has 2 aliphatic heterocycles. The second-order valence-corrected chi connectivity index (χ2v) is 12.2. The predicted octanol–water partition coefficient (Wildman–Crippen LogP) is 3.72. The molecule has 0 radical (unpaired) electrons. The zero-order valence-electron chi connectivity index (χ0n) is 21.1. The molecule has 2 aromatic rings. The summed E-state index contributed by atoms with van der Waals surface area (Å²) in [6, 6.07) is 5.79. The first kappa shape index (κ1) is 27.1. The molecule has 10 nitrogen and oxygen atoms in total. The molecule has 0 saturated carbocycles. The fourth-order valence-corrected chi connectivity index (χ4v) is 7.49. The number of sulfonamides is 1. The van der Waals surface area contributed by atoms with Gasteiger partial charge in [-0.15, -0.1) is 11.3 Å². The first-order valence-electron chi connectivity index (χ1n) is 12.2. The van der Waals surface area contributed by atoms with Crippen LogP contribution in [0.3, 0.4) is 0 Å². The summed E-state index contributed by atoms with van der Waals surface area (Å²) in [6.07, 6.45) is 1.82. The number of benzene rings is 1. The Morgan fingerprint density at radius 2 is 1.89 bits per heavy atom. The van der Waals surface area contributed by atoms with Crippen molar-refractivity contribution in [1.29, 1.82) is 0 Å². The summed E-state index contributed by atoms with van der Waals surface area (Å²) in [5.41, 5.74) is 1.27. The summed E-state index contributed by atoms with van der Waals surface area (Å²) in [4.78, 5) is 40.3. The van der Waals surface area contributed by atoms with Crippen LogP contribution in [-0.2, 0) is 32.5 Å². The Hall–Kier alpha value is -2.96. The molecule has 3 heterocycles. The van der Waals surface area contributed by atoms with Crippen LogP contribution in [0.5, 0.6) is 0 Å². The van der Waals surface area contributed by atoms with Crippen molar-refractivity contribution in [2.45, 2.75) is 44.6 Å². The van der Waals surface area contributed by atoms with Gasteiger partial charge in [0.1, 0.15) is 5.00 Å². The van der Waals surface area contributed by atoms with E-state index in [2.05, 4.69) is 5.32 Å². The lowest BCUT2D eigenvalue weighted by Gasteiger charge is -2.30. The molecule has 200 valence electrons. The van der Waals surface area contributed by atoms with Gasteiger partial charge in [0.25, 0.3) is 5.91 Å². The van der Waals surface area contributed by atoms with Crippen molar-refractivity contribution >= 4 is 44.3 Å². The number of carbonyl (C=O) groups excluding carboxylic acids is 3. The molecule has 2 amide bonds. The van der Waals surface area contributed by atoms with E-state index in [1.807, 2.05) is 6.92 Å². The van der Waals surface area contributed by atoms with Gasteiger partial charge in [0, 0.05) is 30.1 Å². The van der Waals surface area contributed by atoms with Crippen LogP contribution in [0, 0.1) is 5.92 Å². The average Bonchev–Trinajstić information content (AvgIpc) is 3.25. The first-order valence-corrected chi connectivity index (χ1v) is 14.5. The van der Waals surface area contributed by atoms with Crippen molar-refractivity contribution in [2.24, 2.45) is 5.92 Å². The number of anilines is 1. The number of nitrogens with one attached hydrogen (secondary N) is 1. The lowest BCUT2D eigenvalue weighted by atomic mass is 10.0. The van der Waals surface area contributed by atoms with Crippen LogP contribution in [-0.4, -0.2) is 68.9 Å². The second kappa shape index (κ2) is 11.2. The van der Waals surface area contributed by atoms with Gasteiger partial charge in [-0.1, -0.05) is 6.92 Å². The number of nitrogens with zero attached hydrogens (tertiary/aromatic N) is 2. The van der Waals surface area contributed by atoms with Crippen LogP contribution in [0.25, 0.3) is 0 Å². The molecule has 1 aromatic heterocycles.